The normalized spacial score (nSPS) is 20.2. The van der Waals surface area contributed by atoms with Gasteiger partial charge in [0, 0.05) is 23.6 Å². The maximum absolute atomic E-state index is 14.2. The van der Waals surface area contributed by atoms with Gasteiger partial charge in [0.2, 0.25) is 0 Å². The molecule has 4 amide bonds. The Morgan fingerprint density at radius 3 is 2.68 bits per heavy atom. The number of hydrogen-bond donors (Lipinski definition) is 2. The fraction of sp³-hybridized carbons (Fsp3) is 0.190. The lowest BCUT2D eigenvalue weighted by Gasteiger charge is -2.29. The van der Waals surface area contributed by atoms with E-state index in [-0.39, 0.29) is 35.7 Å². The van der Waals surface area contributed by atoms with E-state index < -0.39 is 29.1 Å². The molecule has 0 aliphatic carbocycles. The topological polar surface area (TPSA) is 101 Å². The monoisotopic (exact) mass is 427 g/mol. The number of amides is 4. The Morgan fingerprint density at radius 1 is 1.16 bits per heavy atom. The minimum absolute atomic E-state index is 0.0848. The van der Waals surface area contributed by atoms with Gasteiger partial charge in [-0.05, 0) is 29.8 Å². The van der Waals surface area contributed by atoms with Gasteiger partial charge in [0.05, 0.1) is 13.7 Å². The first kappa shape index (κ1) is 19.0. The van der Waals surface area contributed by atoms with Gasteiger partial charge in [-0.25, -0.2) is 13.6 Å². The summed E-state index contributed by atoms with van der Waals surface area (Å²) in [6, 6.07) is 7.25. The number of ether oxygens (including phenoxy) is 1. The quantitative estimate of drug-likeness (QED) is 0.623. The van der Waals surface area contributed by atoms with Crippen molar-refractivity contribution in [3.63, 3.8) is 0 Å². The zero-order valence-corrected chi connectivity index (χ0v) is 16.1. The van der Waals surface area contributed by atoms with Crippen LogP contribution in [0.2, 0.25) is 0 Å². The van der Waals surface area contributed by atoms with E-state index in [0.717, 1.165) is 11.6 Å². The van der Waals surface area contributed by atoms with Gasteiger partial charge in [-0.3, -0.25) is 14.9 Å². The number of methoxy groups -OCH3 is 1. The highest BCUT2D eigenvalue weighted by atomic mass is 19.1. The lowest BCUT2D eigenvalue weighted by Crippen LogP contribution is -2.52. The summed E-state index contributed by atoms with van der Waals surface area (Å²) in [5.41, 5.74) is -0.924. The first-order chi connectivity index (χ1) is 14.8. The molecule has 0 unspecified atom stereocenters. The summed E-state index contributed by atoms with van der Waals surface area (Å²) in [5, 5.41) is 4.71. The molecular weight excluding hydrogens is 412 g/mol. The molecule has 5 rings (SSSR count). The Labute approximate surface area is 173 Å². The molecule has 3 aromatic rings. The first-order valence-electron chi connectivity index (χ1n) is 9.29. The second kappa shape index (κ2) is 6.53. The molecule has 2 N–H and O–H groups in total. The fourth-order valence-electron chi connectivity index (χ4n) is 4.02. The van der Waals surface area contributed by atoms with Crippen molar-refractivity contribution < 1.29 is 32.3 Å². The van der Waals surface area contributed by atoms with E-state index in [1.54, 1.807) is 18.2 Å². The Morgan fingerprint density at radius 2 is 1.97 bits per heavy atom. The molecule has 8 nitrogen and oxygen atoms in total. The summed E-state index contributed by atoms with van der Waals surface area (Å²) in [4.78, 5) is 39.2. The van der Waals surface area contributed by atoms with E-state index in [2.05, 4.69) is 10.6 Å². The molecule has 2 aliphatic rings. The summed E-state index contributed by atoms with van der Waals surface area (Å²) in [6.07, 6.45) is 0. The standard InChI is InChI=1S/C21H15F2N3O5/c1-30-13-3-2-10-8-26(18(27)14(10)7-13)9-21(19(28)24-20(29)25-21)16-5-11-4-12(22)6-15(23)17(11)31-16/h2-7H,8-9H2,1H3,(H2,24,25,28,29)/t21-/m0/s1. The van der Waals surface area contributed by atoms with Crippen LogP contribution in [0.5, 0.6) is 5.75 Å². The highest BCUT2D eigenvalue weighted by molar-refractivity contribution is 6.08. The average Bonchev–Trinajstić information content (AvgIpc) is 3.37. The minimum atomic E-state index is -1.80. The molecule has 0 radical (unpaired) electrons. The van der Waals surface area contributed by atoms with Crippen molar-refractivity contribution >= 4 is 28.8 Å². The van der Waals surface area contributed by atoms with E-state index >= 15 is 0 Å². The molecule has 0 bridgehead atoms. The van der Waals surface area contributed by atoms with Crippen LogP contribution in [0.25, 0.3) is 11.0 Å². The number of urea groups is 1. The Balaban J connectivity index is 1.57. The average molecular weight is 427 g/mol. The van der Waals surface area contributed by atoms with Crippen molar-refractivity contribution in [2.75, 3.05) is 13.7 Å². The zero-order chi connectivity index (χ0) is 21.9. The Kier molecular flexibility index (Phi) is 4.01. The molecule has 2 aromatic carbocycles. The maximum atomic E-state index is 14.2. The number of imide groups is 1. The molecule has 1 aromatic heterocycles. The van der Waals surface area contributed by atoms with E-state index in [9.17, 15) is 23.2 Å². The number of halogens is 2. The van der Waals surface area contributed by atoms with Crippen LogP contribution < -0.4 is 15.4 Å². The van der Waals surface area contributed by atoms with Gasteiger partial charge in [0.1, 0.15) is 17.3 Å². The number of carbonyl (C=O) groups excluding carboxylic acids is 3. The predicted octanol–water partition coefficient (Wildman–Crippen LogP) is 2.41. The lowest BCUT2D eigenvalue weighted by molar-refractivity contribution is -0.125. The number of rotatable bonds is 4. The molecule has 0 spiro atoms. The minimum Gasteiger partial charge on any atom is -0.497 e. The van der Waals surface area contributed by atoms with E-state index in [1.165, 1.54) is 18.1 Å². The molecule has 1 fully saturated rings. The summed E-state index contributed by atoms with van der Waals surface area (Å²) < 4.78 is 38.5. The third kappa shape index (κ3) is 2.82. The van der Waals surface area contributed by atoms with Crippen molar-refractivity contribution in [2.24, 2.45) is 0 Å². The first-order valence-corrected chi connectivity index (χ1v) is 9.29. The highest BCUT2D eigenvalue weighted by Crippen LogP contribution is 2.35. The molecule has 1 atom stereocenters. The lowest BCUT2D eigenvalue weighted by atomic mass is 9.95. The van der Waals surface area contributed by atoms with Gasteiger partial charge in [0.25, 0.3) is 11.8 Å². The number of fused-ring (bicyclic) bond motifs is 2. The summed E-state index contributed by atoms with van der Waals surface area (Å²) in [6.45, 7) is -0.0867. The number of hydrogen-bond acceptors (Lipinski definition) is 5. The fourth-order valence-corrected chi connectivity index (χ4v) is 4.02. The van der Waals surface area contributed by atoms with Gasteiger partial charge in [0.15, 0.2) is 16.9 Å². The van der Waals surface area contributed by atoms with Gasteiger partial charge in [-0.1, -0.05) is 6.07 Å². The van der Waals surface area contributed by atoms with E-state index in [1.807, 2.05) is 0 Å². The van der Waals surface area contributed by atoms with Crippen LogP contribution in [0, 0.1) is 11.6 Å². The second-order valence-electron chi connectivity index (χ2n) is 7.41. The smallest absolute Gasteiger partial charge is 0.322 e. The highest BCUT2D eigenvalue weighted by Gasteiger charge is 2.53. The number of nitrogens with zero attached hydrogens (tertiary/aromatic N) is 1. The molecule has 0 saturated carbocycles. The van der Waals surface area contributed by atoms with E-state index in [0.29, 0.717) is 17.4 Å². The van der Waals surface area contributed by atoms with Crippen LogP contribution in [0.15, 0.2) is 40.8 Å². The van der Waals surface area contributed by atoms with Gasteiger partial charge < -0.3 is 19.4 Å². The third-order valence-electron chi connectivity index (χ3n) is 5.52. The molecule has 2 aliphatic heterocycles. The zero-order valence-electron chi connectivity index (χ0n) is 16.1. The van der Waals surface area contributed by atoms with Crippen molar-refractivity contribution in [3.05, 3.63) is 64.9 Å². The van der Waals surface area contributed by atoms with E-state index in [4.69, 9.17) is 9.15 Å². The molecule has 31 heavy (non-hydrogen) atoms. The van der Waals surface area contributed by atoms with Crippen LogP contribution in [0.1, 0.15) is 21.7 Å². The Bertz CT molecular complexity index is 1290. The molecule has 10 heteroatoms. The van der Waals surface area contributed by atoms with Gasteiger partial charge in [-0.2, -0.15) is 0 Å². The largest absolute Gasteiger partial charge is 0.497 e. The summed E-state index contributed by atoms with van der Waals surface area (Å²) in [7, 11) is 1.48. The Hall–Kier alpha value is -3.95. The van der Waals surface area contributed by atoms with Crippen LogP contribution in [-0.2, 0) is 16.9 Å². The van der Waals surface area contributed by atoms with Crippen molar-refractivity contribution in [2.45, 2.75) is 12.1 Å². The summed E-state index contributed by atoms with van der Waals surface area (Å²) >= 11 is 0. The third-order valence-corrected chi connectivity index (χ3v) is 5.52. The number of benzene rings is 2. The van der Waals surface area contributed by atoms with Crippen molar-refractivity contribution in [1.82, 2.24) is 15.5 Å². The maximum Gasteiger partial charge on any atom is 0.322 e. The van der Waals surface area contributed by atoms with Gasteiger partial charge >= 0.3 is 6.03 Å². The molecule has 3 heterocycles. The second-order valence-corrected chi connectivity index (χ2v) is 7.41. The van der Waals surface area contributed by atoms with Crippen LogP contribution >= 0.6 is 0 Å². The van der Waals surface area contributed by atoms with Gasteiger partial charge in [-0.15, -0.1) is 0 Å². The number of furan rings is 1. The molecule has 1 saturated heterocycles. The predicted molar refractivity (Wildman–Crippen MR) is 102 cm³/mol. The van der Waals surface area contributed by atoms with Crippen LogP contribution in [-0.4, -0.2) is 36.4 Å². The van der Waals surface area contributed by atoms with Crippen molar-refractivity contribution in [3.8, 4) is 5.75 Å². The number of carbonyl (C=O) groups is 3. The number of nitrogens with one attached hydrogen (secondary N) is 2. The SMILES string of the molecule is COc1ccc2c(c1)C(=O)N(C[C@@]1(c3cc4cc(F)cc(F)c4o3)NC(=O)NC1=O)C2. The summed E-state index contributed by atoms with van der Waals surface area (Å²) in [5.74, 6) is -2.50. The molecular formula is C21H15F2N3O5. The molecule has 158 valence electrons. The van der Waals surface area contributed by atoms with Crippen molar-refractivity contribution in [1.29, 1.82) is 0 Å². The van der Waals surface area contributed by atoms with Crippen LogP contribution in [0.3, 0.4) is 0 Å². The van der Waals surface area contributed by atoms with Crippen LogP contribution in [0.4, 0.5) is 13.6 Å².